The lowest BCUT2D eigenvalue weighted by molar-refractivity contribution is -0.137. The van der Waals surface area contributed by atoms with E-state index < -0.39 is 11.9 Å². The molecule has 0 aromatic heterocycles. The molecular weight excluding hydrogens is 284 g/mol. The Kier molecular flexibility index (Phi) is 4.80. The minimum absolute atomic E-state index is 0.164. The Hall–Kier alpha value is -2.37. The van der Waals surface area contributed by atoms with Crippen molar-refractivity contribution in [3.05, 3.63) is 28.8 Å². The van der Waals surface area contributed by atoms with Gasteiger partial charge in [-0.3, -0.25) is 19.7 Å². The van der Waals surface area contributed by atoms with Crippen LogP contribution in [-0.4, -0.2) is 30.4 Å². The number of rotatable bonds is 4. The molecule has 0 radical (unpaired) electrons. The number of benzene rings is 1. The van der Waals surface area contributed by atoms with E-state index in [4.69, 9.17) is 4.74 Å². The van der Waals surface area contributed by atoms with Crippen molar-refractivity contribution < 1.29 is 19.1 Å². The van der Waals surface area contributed by atoms with E-state index in [1.54, 1.807) is 0 Å². The van der Waals surface area contributed by atoms with E-state index in [1.165, 1.54) is 0 Å². The summed E-state index contributed by atoms with van der Waals surface area (Å²) in [5.74, 6) is -0.460. The Bertz CT molecular complexity index is 625. The molecule has 0 saturated carbocycles. The molecule has 6 nitrogen and oxygen atoms in total. The minimum Gasteiger partial charge on any atom is -0.483 e. The van der Waals surface area contributed by atoms with Gasteiger partial charge in [0.15, 0.2) is 6.61 Å². The van der Waals surface area contributed by atoms with E-state index in [-0.39, 0.29) is 24.8 Å². The first-order chi connectivity index (χ1) is 10.4. The van der Waals surface area contributed by atoms with Crippen molar-refractivity contribution in [2.75, 3.05) is 6.61 Å². The number of hydrogen-bond acceptors (Lipinski definition) is 4. The maximum atomic E-state index is 11.9. The quantitative estimate of drug-likeness (QED) is 0.810. The second-order valence-electron chi connectivity index (χ2n) is 5.51. The molecule has 1 saturated heterocycles. The summed E-state index contributed by atoms with van der Waals surface area (Å²) in [5.41, 5.74) is 3.04. The molecule has 0 spiro atoms. The van der Waals surface area contributed by atoms with Crippen LogP contribution in [0.15, 0.2) is 12.1 Å². The first-order valence-electron chi connectivity index (χ1n) is 7.21. The van der Waals surface area contributed by atoms with Crippen LogP contribution in [-0.2, 0) is 14.4 Å². The SMILES string of the molecule is Cc1ccc(C)c(OCC(=O)NC2CCC(=O)NC2=O)c1C. The highest BCUT2D eigenvalue weighted by molar-refractivity contribution is 6.01. The summed E-state index contributed by atoms with van der Waals surface area (Å²) in [6, 6.07) is 3.27. The number of hydrogen-bond donors (Lipinski definition) is 2. The zero-order chi connectivity index (χ0) is 16.3. The molecule has 2 rings (SSSR count). The number of piperidine rings is 1. The molecule has 1 heterocycles. The van der Waals surface area contributed by atoms with Gasteiger partial charge in [0.25, 0.3) is 5.91 Å². The molecule has 0 aliphatic carbocycles. The molecule has 22 heavy (non-hydrogen) atoms. The zero-order valence-corrected chi connectivity index (χ0v) is 13.0. The van der Waals surface area contributed by atoms with Crippen LogP contribution in [0, 0.1) is 20.8 Å². The maximum Gasteiger partial charge on any atom is 0.258 e. The second kappa shape index (κ2) is 6.60. The summed E-state index contributed by atoms with van der Waals surface area (Å²) in [7, 11) is 0. The molecule has 1 unspecified atom stereocenters. The van der Waals surface area contributed by atoms with Gasteiger partial charge in [-0.25, -0.2) is 0 Å². The van der Waals surface area contributed by atoms with Crippen LogP contribution in [0.2, 0.25) is 0 Å². The van der Waals surface area contributed by atoms with E-state index >= 15 is 0 Å². The van der Waals surface area contributed by atoms with Crippen LogP contribution >= 0.6 is 0 Å². The van der Waals surface area contributed by atoms with E-state index in [0.29, 0.717) is 12.2 Å². The predicted molar refractivity (Wildman–Crippen MR) is 80.5 cm³/mol. The number of nitrogens with one attached hydrogen (secondary N) is 2. The molecule has 0 bridgehead atoms. The van der Waals surface area contributed by atoms with E-state index in [0.717, 1.165) is 16.7 Å². The van der Waals surface area contributed by atoms with Gasteiger partial charge in [-0.2, -0.15) is 0 Å². The third-order valence-corrected chi connectivity index (χ3v) is 3.80. The summed E-state index contributed by atoms with van der Waals surface area (Å²) >= 11 is 0. The number of imide groups is 1. The van der Waals surface area contributed by atoms with Crippen LogP contribution in [0.3, 0.4) is 0 Å². The summed E-state index contributed by atoms with van der Waals surface area (Å²) in [6.45, 7) is 5.67. The predicted octanol–water partition coefficient (Wildman–Crippen LogP) is 0.912. The van der Waals surface area contributed by atoms with Gasteiger partial charge in [-0.05, 0) is 43.9 Å². The largest absolute Gasteiger partial charge is 0.483 e. The lowest BCUT2D eigenvalue weighted by Crippen LogP contribution is -2.53. The van der Waals surface area contributed by atoms with Crippen LogP contribution in [0.5, 0.6) is 5.75 Å². The van der Waals surface area contributed by atoms with Gasteiger partial charge in [-0.1, -0.05) is 12.1 Å². The number of carbonyl (C=O) groups is 3. The molecule has 1 aromatic carbocycles. The van der Waals surface area contributed by atoms with Crippen molar-refractivity contribution in [1.82, 2.24) is 10.6 Å². The van der Waals surface area contributed by atoms with E-state index in [2.05, 4.69) is 10.6 Å². The van der Waals surface area contributed by atoms with Crippen LogP contribution in [0.25, 0.3) is 0 Å². The average molecular weight is 304 g/mol. The molecule has 1 aliphatic heterocycles. The Morgan fingerprint density at radius 2 is 1.95 bits per heavy atom. The van der Waals surface area contributed by atoms with Gasteiger partial charge in [0.1, 0.15) is 11.8 Å². The normalized spacial score (nSPS) is 17.9. The Morgan fingerprint density at radius 1 is 1.27 bits per heavy atom. The molecule has 6 heteroatoms. The smallest absolute Gasteiger partial charge is 0.258 e. The molecule has 1 aromatic rings. The molecular formula is C16H20N2O4. The van der Waals surface area contributed by atoms with Crippen molar-refractivity contribution in [2.45, 2.75) is 39.7 Å². The molecule has 1 aliphatic rings. The highest BCUT2D eigenvalue weighted by atomic mass is 16.5. The van der Waals surface area contributed by atoms with Crippen molar-refractivity contribution in [3.8, 4) is 5.75 Å². The third-order valence-electron chi connectivity index (χ3n) is 3.80. The Labute approximate surface area is 129 Å². The fraction of sp³-hybridized carbons (Fsp3) is 0.438. The standard InChI is InChI=1S/C16H20N2O4/c1-9-4-5-10(2)15(11(9)3)22-8-14(20)17-12-6-7-13(19)18-16(12)21/h4-5,12H,6-8H2,1-3H3,(H,17,20)(H,18,19,21). The summed E-state index contributed by atoms with van der Waals surface area (Å²) < 4.78 is 5.60. The van der Waals surface area contributed by atoms with Crippen LogP contribution in [0.1, 0.15) is 29.5 Å². The Morgan fingerprint density at radius 3 is 2.64 bits per heavy atom. The van der Waals surface area contributed by atoms with Gasteiger partial charge < -0.3 is 10.1 Å². The monoisotopic (exact) mass is 304 g/mol. The minimum atomic E-state index is -0.673. The van der Waals surface area contributed by atoms with Gasteiger partial charge in [-0.15, -0.1) is 0 Å². The number of amides is 3. The van der Waals surface area contributed by atoms with Crippen molar-refractivity contribution >= 4 is 17.7 Å². The van der Waals surface area contributed by atoms with Gasteiger partial charge >= 0.3 is 0 Å². The van der Waals surface area contributed by atoms with Crippen molar-refractivity contribution in [2.24, 2.45) is 0 Å². The summed E-state index contributed by atoms with van der Waals surface area (Å²) in [6.07, 6.45) is 0.548. The van der Waals surface area contributed by atoms with Crippen molar-refractivity contribution in [1.29, 1.82) is 0 Å². The first kappa shape index (κ1) is 16.0. The number of aryl methyl sites for hydroxylation is 2. The molecule has 118 valence electrons. The third kappa shape index (κ3) is 3.63. The molecule has 1 fully saturated rings. The number of carbonyl (C=O) groups excluding carboxylic acids is 3. The lowest BCUT2D eigenvalue weighted by Gasteiger charge is -2.22. The Balaban J connectivity index is 1.92. The highest BCUT2D eigenvalue weighted by Gasteiger charge is 2.27. The summed E-state index contributed by atoms with van der Waals surface area (Å²) in [5, 5.41) is 4.79. The second-order valence-corrected chi connectivity index (χ2v) is 5.51. The molecule has 3 amide bonds. The fourth-order valence-corrected chi connectivity index (χ4v) is 2.35. The molecule has 2 N–H and O–H groups in total. The first-order valence-corrected chi connectivity index (χ1v) is 7.21. The summed E-state index contributed by atoms with van der Waals surface area (Å²) in [4.78, 5) is 34.6. The highest BCUT2D eigenvalue weighted by Crippen LogP contribution is 2.25. The van der Waals surface area contributed by atoms with Crippen molar-refractivity contribution in [3.63, 3.8) is 0 Å². The fourth-order valence-electron chi connectivity index (χ4n) is 2.35. The van der Waals surface area contributed by atoms with E-state index in [9.17, 15) is 14.4 Å². The molecule has 1 atom stereocenters. The maximum absolute atomic E-state index is 11.9. The van der Waals surface area contributed by atoms with Crippen LogP contribution in [0.4, 0.5) is 0 Å². The van der Waals surface area contributed by atoms with Gasteiger partial charge in [0.2, 0.25) is 11.8 Å². The van der Waals surface area contributed by atoms with Crippen LogP contribution < -0.4 is 15.4 Å². The van der Waals surface area contributed by atoms with Gasteiger partial charge in [0, 0.05) is 6.42 Å². The average Bonchev–Trinajstić information content (AvgIpc) is 2.46. The zero-order valence-electron chi connectivity index (χ0n) is 13.0. The lowest BCUT2D eigenvalue weighted by atomic mass is 10.1. The van der Waals surface area contributed by atoms with E-state index in [1.807, 2.05) is 32.9 Å². The van der Waals surface area contributed by atoms with Gasteiger partial charge in [0.05, 0.1) is 0 Å². The topological polar surface area (TPSA) is 84.5 Å². The number of ether oxygens (including phenoxy) is 1.